The number of carbonyl (C=O) groups excluding carboxylic acids is 2. The van der Waals surface area contributed by atoms with Crippen LogP contribution in [0, 0.1) is 6.92 Å². The molecule has 0 spiro atoms. The molecule has 4 aromatic rings. The number of nitrogens with one attached hydrogen (secondary N) is 1. The lowest BCUT2D eigenvalue weighted by atomic mass is 10.1. The maximum absolute atomic E-state index is 13.7. The third-order valence-electron chi connectivity index (χ3n) is 5.67. The second-order valence-electron chi connectivity index (χ2n) is 8.14. The lowest BCUT2D eigenvalue weighted by Crippen LogP contribution is -2.44. The van der Waals surface area contributed by atoms with Crippen LogP contribution < -0.4 is 19.7 Å². The highest BCUT2D eigenvalue weighted by atomic mass is 32.1. The van der Waals surface area contributed by atoms with Crippen molar-refractivity contribution < 1.29 is 23.5 Å². The fraction of sp³-hybridized carbons (Fsp3) is 0.214. The van der Waals surface area contributed by atoms with Crippen LogP contribution in [-0.2, 0) is 22.6 Å². The predicted octanol–water partition coefficient (Wildman–Crippen LogP) is 5.30. The monoisotopic (exact) mass is 504 g/mol. The number of rotatable bonds is 10. The molecule has 2 aromatic carbocycles. The zero-order valence-corrected chi connectivity index (χ0v) is 21.2. The highest BCUT2D eigenvalue weighted by molar-refractivity contribution is 7.10. The average molecular weight is 505 g/mol. The number of thiophene rings is 1. The van der Waals surface area contributed by atoms with Gasteiger partial charge in [-0.3, -0.25) is 14.5 Å². The Kier molecular flexibility index (Phi) is 8.07. The molecule has 0 saturated carbocycles. The van der Waals surface area contributed by atoms with E-state index in [2.05, 4.69) is 5.32 Å². The van der Waals surface area contributed by atoms with Gasteiger partial charge in [-0.05, 0) is 60.3 Å². The molecule has 1 atom stereocenters. The molecule has 0 aliphatic heterocycles. The molecule has 0 radical (unpaired) electrons. The number of ether oxygens (including phenoxy) is 2. The molecule has 0 aliphatic carbocycles. The average Bonchev–Trinajstić information content (AvgIpc) is 3.57. The Labute approximate surface area is 214 Å². The molecule has 7 nitrogen and oxygen atoms in total. The van der Waals surface area contributed by atoms with Crippen LogP contribution in [0.4, 0.5) is 5.69 Å². The first kappa shape index (κ1) is 25.1. The quantitative estimate of drug-likeness (QED) is 0.317. The summed E-state index contributed by atoms with van der Waals surface area (Å²) >= 11 is 1.50. The van der Waals surface area contributed by atoms with Crippen LogP contribution in [0.2, 0.25) is 0 Å². The zero-order valence-electron chi connectivity index (χ0n) is 20.4. The van der Waals surface area contributed by atoms with Crippen molar-refractivity contribution >= 4 is 28.8 Å². The predicted molar refractivity (Wildman–Crippen MR) is 140 cm³/mol. The Morgan fingerprint density at radius 3 is 2.39 bits per heavy atom. The van der Waals surface area contributed by atoms with Crippen molar-refractivity contribution in [1.82, 2.24) is 5.32 Å². The summed E-state index contributed by atoms with van der Waals surface area (Å²) in [6.45, 7) is 2.09. The number of aryl methyl sites for hydroxylation is 1. The first-order valence-electron chi connectivity index (χ1n) is 11.4. The maximum atomic E-state index is 13.7. The molecule has 36 heavy (non-hydrogen) atoms. The molecule has 0 bridgehead atoms. The van der Waals surface area contributed by atoms with Gasteiger partial charge in [0.2, 0.25) is 5.91 Å². The second-order valence-corrected chi connectivity index (χ2v) is 9.17. The van der Waals surface area contributed by atoms with Crippen molar-refractivity contribution in [3.63, 3.8) is 0 Å². The first-order chi connectivity index (χ1) is 17.5. The third-order valence-corrected chi connectivity index (χ3v) is 6.55. The molecule has 2 amide bonds. The topological polar surface area (TPSA) is 81.0 Å². The molecular formula is C28H28N2O5S. The molecule has 0 unspecified atom stereocenters. The van der Waals surface area contributed by atoms with Crippen LogP contribution in [0.25, 0.3) is 0 Å². The number of methoxy groups -OCH3 is 2. The number of furan rings is 1. The van der Waals surface area contributed by atoms with E-state index < -0.39 is 6.04 Å². The van der Waals surface area contributed by atoms with Gasteiger partial charge in [0, 0.05) is 23.2 Å². The zero-order chi connectivity index (χ0) is 25.5. The minimum atomic E-state index is -1.02. The molecule has 8 heteroatoms. The summed E-state index contributed by atoms with van der Waals surface area (Å²) in [5.74, 6) is 1.75. The minimum absolute atomic E-state index is 0.150. The minimum Gasteiger partial charge on any atom is -0.497 e. The van der Waals surface area contributed by atoms with E-state index in [1.165, 1.54) is 16.2 Å². The van der Waals surface area contributed by atoms with Crippen LogP contribution in [-0.4, -0.2) is 26.0 Å². The van der Waals surface area contributed by atoms with E-state index in [1.807, 2.05) is 41.8 Å². The highest BCUT2D eigenvalue weighted by Gasteiger charge is 2.35. The summed E-state index contributed by atoms with van der Waals surface area (Å²) < 4.78 is 16.5. The number of nitrogens with zero attached hydrogens (tertiary/aromatic N) is 1. The van der Waals surface area contributed by atoms with Gasteiger partial charge in [-0.25, -0.2) is 0 Å². The second kappa shape index (κ2) is 11.6. The number of benzene rings is 2. The molecule has 0 aliphatic rings. The Balaban J connectivity index is 1.69. The van der Waals surface area contributed by atoms with E-state index >= 15 is 0 Å². The smallest absolute Gasteiger partial charge is 0.251 e. The maximum Gasteiger partial charge on any atom is 0.251 e. The van der Waals surface area contributed by atoms with Crippen molar-refractivity contribution in [3.05, 3.63) is 100 Å². The van der Waals surface area contributed by atoms with Gasteiger partial charge < -0.3 is 19.2 Å². The van der Waals surface area contributed by atoms with Crippen molar-refractivity contribution in [2.45, 2.75) is 25.9 Å². The first-order valence-corrected chi connectivity index (χ1v) is 12.3. The van der Waals surface area contributed by atoms with E-state index in [-0.39, 0.29) is 24.8 Å². The Hall–Kier alpha value is -4.04. The summed E-state index contributed by atoms with van der Waals surface area (Å²) in [5.41, 5.74) is 1.44. The summed E-state index contributed by atoms with van der Waals surface area (Å²) in [7, 11) is 3.17. The van der Waals surface area contributed by atoms with E-state index in [9.17, 15) is 9.59 Å². The molecule has 4 rings (SSSR count). The van der Waals surface area contributed by atoms with Gasteiger partial charge in [-0.2, -0.15) is 0 Å². The summed E-state index contributed by atoms with van der Waals surface area (Å²) in [6, 6.07) is 20.9. The van der Waals surface area contributed by atoms with Crippen molar-refractivity contribution in [2.75, 3.05) is 19.1 Å². The normalized spacial score (nSPS) is 11.5. The molecule has 2 aromatic heterocycles. The third kappa shape index (κ3) is 5.95. The van der Waals surface area contributed by atoms with Crippen molar-refractivity contribution in [1.29, 1.82) is 0 Å². The number of hydrogen-bond acceptors (Lipinski definition) is 6. The Morgan fingerprint density at radius 1 is 0.972 bits per heavy atom. The fourth-order valence-electron chi connectivity index (χ4n) is 3.85. The largest absolute Gasteiger partial charge is 0.497 e. The van der Waals surface area contributed by atoms with Gasteiger partial charge in [0.15, 0.2) is 6.04 Å². The molecule has 2 heterocycles. The molecule has 0 saturated heterocycles. The van der Waals surface area contributed by atoms with Gasteiger partial charge in [0.25, 0.3) is 5.91 Å². The van der Waals surface area contributed by atoms with E-state index in [1.54, 1.807) is 57.5 Å². The fourth-order valence-corrected chi connectivity index (χ4v) is 4.54. The lowest BCUT2D eigenvalue weighted by Gasteiger charge is -2.30. The van der Waals surface area contributed by atoms with E-state index in [0.29, 0.717) is 23.0 Å². The van der Waals surface area contributed by atoms with Gasteiger partial charge in [0.1, 0.15) is 23.0 Å². The van der Waals surface area contributed by atoms with E-state index in [4.69, 9.17) is 13.9 Å². The van der Waals surface area contributed by atoms with E-state index in [0.717, 1.165) is 16.2 Å². The van der Waals surface area contributed by atoms with Gasteiger partial charge in [-0.1, -0.05) is 24.3 Å². The van der Waals surface area contributed by atoms with Crippen LogP contribution in [0.3, 0.4) is 0 Å². The Morgan fingerprint density at radius 2 is 1.75 bits per heavy atom. The summed E-state index contributed by atoms with van der Waals surface area (Å²) in [5, 5.41) is 4.90. The van der Waals surface area contributed by atoms with Gasteiger partial charge in [0.05, 0.1) is 20.6 Å². The number of carbonyl (C=O) groups is 2. The molecular weight excluding hydrogens is 476 g/mol. The number of anilines is 1. The summed E-state index contributed by atoms with van der Waals surface area (Å²) in [4.78, 5) is 29.8. The Bertz CT molecular complexity index is 1300. The van der Waals surface area contributed by atoms with Crippen molar-refractivity contribution in [3.8, 4) is 11.5 Å². The van der Waals surface area contributed by atoms with Crippen LogP contribution in [0.1, 0.15) is 28.0 Å². The lowest BCUT2D eigenvalue weighted by molar-refractivity contribution is -0.127. The highest BCUT2D eigenvalue weighted by Crippen LogP contribution is 2.32. The van der Waals surface area contributed by atoms with Gasteiger partial charge in [-0.15, -0.1) is 11.3 Å². The van der Waals surface area contributed by atoms with Crippen molar-refractivity contribution in [2.24, 2.45) is 0 Å². The summed E-state index contributed by atoms with van der Waals surface area (Å²) in [6.07, 6.45) is 0.150. The van der Waals surface area contributed by atoms with Crippen LogP contribution in [0.5, 0.6) is 11.5 Å². The molecule has 1 N–H and O–H groups in total. The molecule has 0 fully saturated rings. The SMILES string of the molecule is COc1ccc(CNC(=O)[C@@H](c2ccc(C)o2)N(C(=O)Cc2cccs2)c2cccc(OC)c2)cc1. The molecule has 186 valence electrons. The number of hydrogen-bond donors (Lipinski definition) is 1. The van der Waals surface area contributed by atoms with Crippen LogP contribution in [0.15, 0.2) is 82.6 Å². The van der Waals surface area contributed by atoms with Crippen LogP contribution >= 0.6 is 11.3 Å². The van der Waals surface area contributed by atoms with Gasteiger partial charge >= 0.3 is 0 Å². The number of amides is 2. The standard InChI is InChI=1S/C28H28N2O5S/c1-19-9-14-25(35-19)27(28(32)29-18-20-10-12-22(33-2)13-11-20)30(21-6-4-7-23(16-21)34-3)26(31)17-24-8-5-15-36-24/h4-16,27H,17-18H2,1-3H3,(H,29,32)/t27-/m1/s1.